The minimum Gasteiger partial charge on any atom is -0.340 e. The fraction of sp³-hybridized carbons (Fsp3) is 0.0667. The second kappa shape index (κ2) is 5.06. The number of hydrogen-bond acceptors (Lipinski definition) is 5. The van der Waals surface area contributed by atoms with Gasteiger partial charge in [0.15, 0.2) is 0 Å². The van der Waals surface area contributed by atoms with Crippen molar-refractivity contribution in [2.75, 3.05) is 5.32 Å². The van der Waals surface area contributed by atoms with E-state index >= 15 is 0 Å². The van der Waals surface area contributed by atoms with E-state index in [4.69, 9.17) is 5.26 Å². The highest BCUT2D eigenvalue weighted by Gasteiger charge is 2.08. The molecule has 0 spiro atoms. The molecule has 2 N–H and O–H groups in total. The fourth-order valence-corrected chi connectivity index (χ4v) is 1.97. The van der Waals surface area contributed by atoms with Crippen LogP contribution >= 0.6 is 0 Å². The summed E-state index contributed by atoms with van der Waals surface area (Å²) in [5.41, 5.74) is 1.99. The molecule has 0 amide bonds. The highest BCUT2D eigenvalue weighted by Crippen LogP contribution is 2.21. The molecule has 1 aromatic carbocycles. The van der Waals surface area contributed by atoms with Crippen LogP contribution in [0.3, 0.4) is 0 Å². The van der Waals surface area contributed by atoms with E-state index in [9.17, 15) is 4.79 Å². The molecule has 0 bridgehead atoms. The molecular formula is C15H11N5O. The van der Waals surface area contributed by atoms with Gasteiger partial charge in [0.25, 0.3) is 5.56 Å². The second-order valence-corrected chi connectivity index (χ2v) is 4.60. The molecule has 0 atom stereocenters. The molecule has 6 heteroatoms. The van der Waals surface area contributed by atoms with Crippen molar-refractivity contribution in [1.29, 1.82) is 5.26 Å². The van der Waals surface area contributed by atoms with Crippen molar-refractivity contribution in [2.24, 2.45) is 0 Å². The molecule has 0 saturated heterocycles. The second-order valence-electron chi connectivity index (χ2n) is 4.60. The minimum atomic E-state index is -0.454. The van der Waals surface area contributed by atoms with E-state index in [1.807, 2.05) is 37.3 Å². The summed E-state index contributed by atoms with van der Waals surface area (Å²) in [6, 6.07) is 11.2. The highest BCUT2D eigenvalue weighted by molar-refractivity contribution is 5.88. The number of pyridine rings is 1. The number of nitriles is 1. The Morgan fingerprint density at radius 1 is 1.24 bits per heavy atom. The Morgan fingerprint density at radius 2 is 2.00 bits per heavy atom. The number of aryl methyl sites for hydroxylation is 1. The Morgan fingerprint density at radius 3 is 2.71 bits per heavy atom. The number of rotatable bonds is 2. The standard InChI is InChI=1S/C15H11N5O/c1-9-2-4-11(5-3-9)19-13-12-6-10(7-16)15(21)20-14(12)18-8-17-13/h2-6,8H,1H3,(H2,17,18,19,20,21). The number of nitrogens with zero attached hydrogens (tertiary/aromatic N) is 3. The summed E-state index contributed by atoms with van der Waals surface area (Å²) in [5, 5.41) is 12.7. The van der Waals surface area contributed by atoms with Crippen LogP contribution in [0.4, 0.5) is 11.5 Å². The van der Waals surface area contributed by atoms with E-state index in [0.717, 1.165) is 11.3 Å². The molecule has 102 valence electrons. The molecule has 0 aliphatic rings. The van der Waals surface area contributed by atoms with Gasteiger partial charge in [-0.3, -0.25) is 4.79 Å². The first-order valence-electron chi connectivity index (χ1n) is 6.29. The van der Waals surface area contributed by atoms with E-state index in [-0.39, 0.29) is 5.56 Å². The van der Waals surface area contributed by atoms with Crippen LogP contribution in [-0.4, -0.2) is 15.0 Å². The van der Waals surface area contributed by atoms with Crippen molar-refractivity contribution in [2.45, 2.75) is 6.92 Å². The van der Waals surface area contributed by atoms with Crippen molar-refractivity contribution in [3.05, 3.63) is 58.1 Å². The van der Waals surface area contributed by atoms with Crippen LogP contribution in [0.2, 0.25) is 0 Å². The quantitative estimate of drug-likeness (QED) is 0.749. The number of aromatic amines is 1. The van der Waals surface area contributed by atoms with Gasteiger partial charge in [-0.15, -0.1) is 0 Å². The largest absolute Gasteiger partial charge is 0.340 e. The van der Waals surface area contributed by atoms with Crippen molar-refractivity contribution in [1.82, 2.24) is 15.0 Å². The molecule has 6 nitrogen and oxygen atoms in total. The number of hydrogen-bond donors (Lipinski definition) is 2. The number of aromatic nitrogens is 3. The molecule has 0 unspecified atom stereocenters. The topological polar surface area (TPSA) is 94.5 Å². The van der Waals surface area contributed by atoms with Gasteiger partial charge in [0.05, 0.1) is 5.39 Å². The Bertz CT molecular complexity index is 906. The molecule has 0 aliphatic carbocycles. The fourth-order valence-electron chi connectivity index (χ4n) is 1.97. The van der Waals surface area contributed by atoms with E-state index in [0.29, 0.717) is 16.9 Å². The summed E-state index contributed by atoms with van der Waals surface area (Å²) in [7, 11) is 0. The molecule has 21 heavy (non-hydrogen) atoms. The molecule has 3 rings (SSSR count). The van der Waals surface area contributed by atoms with Crippen LogP contribution in [0.25, 0.3) is 11.0 Å². The van der Waals surface area contributed by atoms with Crippen molar-refractivity contribution in [3.63, 3.8) is 0 Å². The van der Waals surface area contributed by atoms with Gasteiger partial charge in [-0.25, -0.2) is 9.97 Å². The minimum absolute atomic E-state index is 0.0317. The molecule has 0 radical (unpaired) electrons. The van der Waals surface area contributed by atoms with E-state index in [2.05, 4.69) is 20.3 Å². The molecule has 2 aromatic heterocycles. The van der Waals surface area contributed by atoms with Gasteiger partial charge in [-0.1, -0.05) is 17.7 Å². The average molecular weight is 277 g/mol. The summed E-state index contributed by atoms with van der Waals surface area (Å²) < 4.78 is 0. The van der Waals surface area contributed by atoms with Gasteiger partial charge >= 0.3 is 0 Å². The highest BCUT2D eigenvalue weighted by atomic mass is 16.1. The summed E-state index contributed by atoms with van der Waals surface area (Å²) in [4.78, 5) is 22.4. The first-order chi connectivity index (χ1) is 10.2. The lowest BCUT2D eigenvalue weighted by atomic mass is 10.2. The lowest BCUT2D eigenvalue weighted by Gasteiger charge is -2.08. The van der Waals surface area contributed by atoms with Crippen LogP contribution in [0.1, 0.15) is 11.1 Å². The third-order valence-electron chi connectivity index (χ3n) is 3.08. The SMILES string of the molecule is Cc1ccc(Nc2ncnc3[nH]c(=O)c(C#N)cc23)cc1. The van der Waals surface area contributed by atoms with Crippen molar-refractivity contribution < 1.29 is 0 Å². The van der Waals surface area contributed by atoms with Gasteiger partial charge in [0.1, 0.15) is 29.4 Å². The zero-order chi connectivity index (χ0) is 14.8. The van der Waals surface area contributed by atoms with Gasteiger partial charge in [0.2, 0.25) is 0 Å². The molecular weight excluding hydrogens is 266 g/mol. The number of benzene rings is 1. The lowest BCUT2D eigenvalue weighted by Crippen LogP contribution is -2.11. The predicted octanol–water partition coefficient (Wildman–Crippen LogP) is 2.24. The maximum absolute atomic E-state index is 11.6. The zero-order valence-corrected chi connectivity index (χ0v) is 11.2. The molecule has 0 aliphatic heterocycles. The predicted molar refractivity (Wildman–Crippen MR) is 79.3 cm³/mol. The lowest BCUT2D eigenvalue weighted by molar-refractivity contribution is 1.15. The smallest absolute Gasteiger partial charge is 0.267 e. The Kier molecular flexibility index (Phi) is 3.09. The van der Waals surface area contributed by atoms with Crippen LogP contribution in [0.5, 0.6) is 0 Å². The molecule has 3 aromatic rings. The Labute approximate surface area is 120 Å². The van der Waals surface area contributed by atoms with Crippen LogP contribution in [0, 0.1) is 18.3 Å². The van der Waals surface area contributed by atoms with Crippen LogP contribution < -0.4 is 10.9 Å². The molecule has 0 fully saturated rings. The number of fused-ring (bicyclic) bond motifs is 1. The van der Waals surface area contributed by atoms with Gasteiger partial charge in [0, 0.05) is 5.69 Å². The summed E-state index contributed by atoms with van der Waals surface area (Å²) >= 11 is 0. The van der Waals surface area contributed by atoms with Crippen LogP contribution in [-0.2, 0) is 0 Å². The third kappa shape index (κ3) is 2.44. The van der Waals surface area contributed by atoms with Crippen LogP contribution in [0.15, 0.2) is 41.5 Å². The van der Waals surface area contributed by atoms with E-state index in [1.165, 1.54) is 12.4 Å². The summed E-state index contributed by atoms with van der Waals surface area (Å²) in [6.07, 6.45) is 1.36. The van der Waals surface area contributed by atoms with E-state index < -0.39 is 5.56 Å². The van der Waals surface area contributed by atoms with Crippen molar-refractivity contribution in [3.8, 4) is 6.07 Å². The van der Waals surface area contributed by atoms with Gasteiger partial charge < -0.3 is 10.3 Å². The van der Waals surface area contributed by atoms with Gasteiger partial charge in [-0.2, -0.15) is 5.26 Å². The third-order valence-corrected chi connectivity index (χ3v) is 3.08. The Balaban J connectivity index is 2.12. The maximum Gasteiger partial charge on any atom is 0.267 e. The van der Waals surface area contributed by atoms with Gasteiger partial charge in [-0.05, 0) is 25.1 Å². The summed E-state index contributed by atoms with van der Waals surface area (Å²) in [6.45, 7) is 2.01. The van der Waals surface area contributed by atoms with Crippen molar-refractivity contribution >= 4 is 22.5 Å². The number of H-pyrrole nitrogens is 1. The molecule has 0 saturated carbocycles. The number of anilines is 2. The molecule has 2 heterocycles. The number of nitrogens with one attached hydrogen (secondary N) is 2. The monoisotopic (exact) mass is 277 g/mol. The normalized spacial score (nSPS) is 10.3. The maximum atomic E-state index is 11.6. The first kappa shape index (κ1) is 12.8. The first-order valence-corrected chi connectivity index (χ1v) is 6.29. The zero-order valence-electron chi connectivity index (χ0n) is 11.2. The average Bonchev–Trinajstić information content (AvgIpc) is 2.49. The van der Waals surface area contributed by atoms with E-state index in [1.54, 1.807) is 0 Å². The Hall–Kier alpha value is -3.20. The summed E-state index contributed by atoms with van der Waals surface area (Å²) in [5.74, 6) is 0.539.